The quantitative estimate of drug-likeness (QED) is 0.613. The molecule has 3 N–H and O–H groups in total. The Morgan fingerprint density at radius 3 is 2.14 bits per heavy atom. The average molecular weight is 384 g/mol. The third-order valence-corrected chi connectivity index (χ3v) is 3.80. The van der Waals surface area contributed by atoms with E-state index in [0.29, 0.717) is 13.1 Å². The summed E-state index contributed by atoms with van der Waals surface area (Å²) in [5.74, 6) is 0. The largest absolute Gasteiger partial charge is 0.444 e. The van der Waals surface area contributed by atoms with Crippen molar-refractivity contribution in [3.63, 3.8) is 0 Å². The van der Waals surface area contributed by atoms with Gasteiger partial charge in [-0.05, 0) is 70.9 Å². The van der Waals surface area contributed by atoms with Crippen LogP contribution in [0, 0.1) is 0 Å². The van der Waals surface area contributed by atoms with Crippen LogP contribution in [0.15, 0.2) is 48.5 Å². The van der Waals surface area contributed by atoms with Crippen LogP contribution in [0.1, 0.15) is 52.7 Å². The molecular formula is C23H33N3O2. The van der Waals surface area contributed by atoms with Crippen molar-refractivity contribution in [1.29, 1.82) is 0 Å². The molecule has 0 spiro atoms. The topological polar surface area (TPSA) is 62.4 Å². The van der Waals surface area contributed by atoms with E-state index in [4.69, 9.17) is 4.74 Å². The van der Waals surface area contributed by atoms with Gasteiger partial charge < -0.3 is 20.7 Å². The number of ether oxygens (including phenoxy) is 1. The van der Waals surface area contributed by atoms with Gasteiger partial charge in [-0.25, -0.2) is 4.79 Å². The molecule has 0 saturated carbocycles. The van der Waals surface area contributed by atoms with Crippen LogP contribution in [-0.2, 0) is 17.8 Å². The van der Waals surface area contributed by atoms with Gasteiger partial charge in [0.2, 0.25) is 0 Å². The van der Waals surface area contributed by atoms with Crippen molar-refractivity contribution in [3.8, 4) is 0 Å². The van der Waals surface area contributed by atoms with Gasteiger partial charge in [0.25, 0.3) is 0 Å². The van der Waals surface area contributed by atoms with Crippen molar-refractivity contribution in [1.82, 2.24) is 5.32 Å². The second-order valence-corrected chi connectivity index (χ2v) is 8.94. The van der Waals surface area contributed by atoms with E-state index in [1.165, 1.54) is 5.56 Å². The average Bonchev–Trinajstić information content (AvgIpc) is 2.57. The fourth-order valence-electron chi connectivity index (χ4n) is 2.66. The van der Waals surface area contributed by atoms with Crippen molar-refractivity contribution in [3.05, 3.63) is 59.7 Å². The van der Waals surface area contributed by atoms with Gasteiger partial charge in [0.1, 0.15) is 5.60 Å². The number of nitrogens with one attached hydrogen (secondary N) is 3. The number of benzene rings is 2. The molecule has 2 aromatic carbocycles. The smallest absolute Gasteiger partial charge is 0.407 e. The van der Waals surface area contributed by atoms with E-state index in [-0.39, 0.29) is 5.54 Å². The molecule has 0 fully saturated rings. The molecule has 0 saturated heterocycles. The molecule has 0 heterocycles. The molecule has 28 heavy (non-hydrogen) atoms. The Balaban J connectivity index is 1.93. The molecular weight excluding hydrogens is 350 g/mol. The first kappa shape index (κ1) is 21.6. The monoisotopic (exact) mass is 383 g/mol. The first-order valence-electron chi connectivity index (χ1n) is 9.68. The number of carbonyl (C=O) groups excluding carboxylic acids is 1. The molecule has 0 aliphatic carbocycles. The van der Waals surface area contributed by atoms with Gasteiger partial charge in [0, 0.05) is 30.0 Å². The summed E-state index contributed by atoms with van der Waals surface area (Å²) in [5, 5.41) is 9.73. The van der Waals surface area contributed by atoms with Gasteiger partial charge >= 0.3 is 6.09 Å². The van der Waals surface area contributed by atoms with E-state index < -0.39 is 11.7 Å². The molecule has 0 atom stereocenters. The Kier molecular flexibility index (Phi) is 6.95. The summed E-state index contributed by atoms with van der Waals surface area (Å²) in [5.41, 5.74) is 3.85. The van der Waals surface area contributed by atoms with E-state index in [9.17, 15) is 4.79 Å². The van der Waals surface area contributed by atoms with Gasteiger partial charge in [-0.2, -0.15) is 0 Å². The van der Waals surface area contributed by atoms with Crippen molar-refractivity contribution in [2.45, 2.75) is 65.8 Å². The summed E-state index contributed by atoms with van der Waals surface area (Å²) in [6.45, 7) is 13.1. The van der Waals surface area contributed by atoms with E-state index in [1.807, 2.05) is 45.0 Å². The highest BCUT2D eigenvalue weighted by atomic mass is 16.6. The van der Waals surface area contributed by atoms with Crippen LogP contribution < -0.4 is 16.0 Å². The molecule has 0 aromatic heterocycles. The van der Waals surface area contributed by atoms with Crippen LogP contribution in [0.3, 0.4) is 0 Å². The zero-order valence-corrected chi connectivity index (χ0v) is 17.8. The highest BCUT2D eigenvalue weighted by Crippen LogP contribution is 2.19. The fraction of sp³-hybridized carbons (Fsp3) is 0.435. The molecule has 2 aromatic rings. The number of anilines is 2. The SMILES string of the molecule is CC(C)(C)Nc1ccc(CNc2ccccc2CNC(=O)OC(C)(C)C)cc1. The number of carbonyl (C=O) groups is 1. The first-order valence-corrected chi connectivity index (χ1v) is 9.68. The number of hydrogen-bond acceptors (Lipinski definition) is 4. The Morgan fingerprint density at radius 2 is 1.54 bits per heavy atom. The van der Waals surface area contributed by atoms with Crippen molar-refractivity contribution < 1.29 is 9.53 Å². The lowest BCUT2D eigenvalue weighted by Gasteiger charge is -2.22. The fourth-order valence-corrected chi connectivity index (χ4v) is 2.66. The number of alkyl carbamates (subject to hydrolysis) is 1. The lowest BCUT2D eigenvalue weighted by atomic mass is 10.1. The Hall–Kier alpha value is -2.69. The van der Waals surface area contributed by atoms with Gasteiger partial charge in [-0.1, -0.05) is 30.3 Å². The van der Waals surface area contributed by atoms with Crippen LogP contribution in [0.2, 0.25) is 0 Å². The Morgan fingerprint density at radius 1 is 0.893 bits per heavy atom. The minimum Gasteiger partial charge on any atom is -0.444 e. The van der Waals surface area contributed by atoms with Gasteiger partial charge in [-0.3, -0.25) is 0 Å². The maximum absolute atomic E-state index is 11.9. The lowest BCUT2D eigenvalue weighted by Crippen LogP contribution is -2.32. The lowest BCUT2D eigenvalue weighted by molar-refractivity contribution is 0.0523. The van der Waals surface area contributed by atoms with E-state index >= 15 is 0 Å². The number of amides is 1. The van der Waals surface area contributed by atoms with Crippen molar-refractivity contribution in [2.75, 3.05) is 10.6 Å². The normalized spacial score (nSPS) is 11.6. The summed E-state index contributed by atoms with van der Waals surface area (Å²) >= 11 is 0. The maximum Gasteiger partial charge on any atom is 0.407 e. The first-order chi connectivity index (χ1) is 13.0. The zero-order valence-electron chi connectivity index (χ0n) is 17.8. The zero-order chi connectivity index (χ0) is 20.8. The minimum atomic E-state index is -0.504. The summed E-state index contributed by atoms with van der Waals surface area (Å²) in [4.78, 5) is 11.9. The van der Waals surface area contributed by atoms with E-state index in [2.05, 4.69) is 61.0 Å². The summed E-state index contributed by atoms with van der Waals surface area (Å²) in [6.07, 6.45) is -0.413. The van der Waals surface area contributed by atoms with E-state index in [1.54, 1.807) is 0 Å². The second kappa shape index (κ2) is 9.00. The highest BCUT2D eigenvalue weighted by molar-refractivity contribution is 5.68. The number of rotatable bonds is 6. The van der Waals surface area contributed by atoms with Crippen LogP contribution in [0.5, 0.6) is 0 Å². The van der Waals surface area contributed by atoms with Crippen molar-refractivity contribution >= 4 is 17.5 Å². The van der Waals surface area contributed by atoms with Crippen LogP contribution in [0.25, 0.3) is 0 Å². The molecule has 0 aliphatic rings. The van der Waals surface area contributed by atoms with Gasteiger partial charge in [0.15, 0.2) is 0 Å². The molecule has 152 valence electrons. The third kappa shape index (κ3) is 7.91. The Bertz CT molecular complexity index is 772. The summed E-state index contributed by atoms with van der Waals surface area (Å²) in [7, 11) is 0. The maximum atomic E-state index is 11.9. The van der Waals surface area contributed by atoms with Crippen LogP contribution in [-0.4, -0.2) is 17.2 Å². The minimum absolute atomic E-state index is 0.0415. The van der Waals surface area contributed by atoms with Gasteiger partial charge in [-0.15, -0.1) is 0 Å². The van der Waals surface area contributed by atoms with Crippen LogP contribution in [0.4, 0.5) is 16.2 Å². The third-order valence-electron chi connectivity index (χ3n) is 3.80. The molecule has 0 unspecified atom stereocenters. The van der Waals surface area contributed by atoms with E-state index in [0.717, 1.165) is 16.9 Å². The van der Waals surface area contributed by atoms with Crippen LogP contribution >= 0.6 is 0 Å². The molecule has 2 rings (SSSR count). The van der Waals surface area contributed by atoms with Crippen molar-refractivity contribution in [2.24, 2.45) is 0 Å². The molecule has 5 heteroatoms. The predicted molar refractivity (Wildman–Crippen MR) is 117 cm³/mol. The molecule has 0 radical (unpaired) electrons. The highest BCUT2D eigenvalue weighted by Gasteiger charge is 2.16. The predicted octanol–water partition coefficient (Wildman–Crippen LogP) is 5.53. The summed E-state index contributed by atoms with van der Waals surface area (Å²) < 4.78 is 5.30. The second-order valence-electron chi connectivity index (χ2n) is 8.94. The Labute approximate surface area is 168 Å². The molecule has 5 nitrogen and oxygen atoms in total. The molecule has 1 amide bonds. The molecule has 0 bridgehead atoms. The standard InChI is InChI=1S/C23H33N3O2/c1-22(2,3)26-19-13-11-17(12-14-19)15-24-20-10-8-7-9-18(20)16-25-21(27)28-23(4,5)6/h7-14,24,26H,15-16H2,1-6H3,(H,25,27). The van der Waals surface area contributed by atoms with Gasteiger partial charge in [0.05, 0.1) is 0 Å². The summed E-state index contributed by atoms with van der Waals surface area (Å²) in [6, 6.07) is 16.4. The number of para-hydroxylation sites is 1. The molecule has 0 aliphatic heterocycles. The number of hydrogen-bond donors (Lipinski definition) is 3.